The van der Waals surface area contributed by atoms with Gasteiger partial charge in [-0.3, -0.25) is 10.5 Å². The lowest BCUT2D eigenvalue weighted by atomic mass is 9.90. The van der Waals surface area contributed by atoms with Gasteiger partial charge in [-0.2, -0.15) is 15.5 Å². The minimum atomic E-state index is -1.16. The fourth-order valence-corrected chi connectivity index (χ4v) is 3.11. The molecule has 1 spiro atoms. The van der Waals surface area contributed by atoms with E-state index in [9.17, 15) is 14.9 Å². The van der Waals surface area contributed by atoms with E-state index in [2.05, 4.69) is 20.7 Å². The molecular weight excluding hydrogens is 338 g/mol. The first-order valence-corrected chi connectivity index (χ1v) is 8.55. The van der Waals surface area contributed by atoms with Crippen LogP contribution in [-0.2, 0) is 24.5 Å². The van der Waals surface area contributed by atoms with E-state index in [1.165, 1.54) is 0 Å². The van der Waals surface area contributed by atoms with Crippen LogP contribution in [0.1, 0.15) is 64.1 Å². The Morgan fingerprint density at radius 1 is 1.19 bits per heavy atom. The van der Waals surface area contributed by atoms with Gasteiger partial charge in [0.1, 0.15) is 11.6 Å². The first-order chi connectivity index (χ1) is 12.3. The van der Waals surface area contributed by atoms with Gasteiger partial charge in [-0.05, 0) is 12.8 Å². The minimum absolute atomic E-state index is 0.128. The summed E-state index contributed by atoms with van der Waals surface area (Å²) in [5.41, 5.74) is 2.56. The van der Waals surface area contributed by atoms with Crippen molar-refractivity contribution in [1.82, 2.24) is 10.2 Å². The number of hydrogen-bond donors (Lipinski definition) is 2. The van der Waals surface area contributed by atoms with E-state index in [-0.39, 0.29) is 16.8 Å². The number of anilines is 1. The molecule has 1 aliphatic carbocycles. The van der Waals surface area contributed by atoms with Crippen molar-refractivity contribution in [2.24, 2.45) is 5.10 Å². The molecular formula is C17H21N5O4. The summed E-state index contributed by atoms with van der Waals surface area (Å²) in [6.45, 7) is 5.78. The standard InChI is InChI=1S/C17H21N5O4/c1-16(2,3)12-10(9-18)13(22-20-12)21-19-11-14(23)25-17(26-15(11)24)7-5-4-6-8-17/h4-8H2,1-3H3,(H2,20,21,22). The van der Waals surface area contributed by atoms with Crippen molar-refractivity contribution in [3.8, 4) is 6.07 Å². The molecule has 0 radical (unpaired) electrons. The number of nitrogens with zero attached hydrogens (tertiary/aromatic N) is 3. The molecule has 9 heteroatoms. The van der Waals surface area contributed by atoms with Crippen molar-refractivity contribution in [2.75, 3.05) is 5.43 Å². The van der Waals surface area contributed by atoms with E-state index in [1.54, 1.807) is 0 Å². The molecule has 2 fully saturated rings. The summed E-state index contributed by atoms with van der Waals surface area (Å²) in [4.78, 5) is 24.5. The zero-order valence-corrected chi connectivity index (χ0v) is 15.0. The van der Waals surface area contributed by atoms with Gasteiger partial charge >= 0.3 is 11.9 Å². The molecule has 2 N–H and O–H groups in total. The van der Waals surface area contributed by atoms with Gasteiger partial charge in [0.2, 0.25) is 0 Å². The monoisotopic (exact) mass is 359 g/mol. The van der Waals surface area contributed by atoms with E-state index < -0.39 is 23.4 Å². The van der Waals surface area contributed by atoms with Crippen LogP contribution >= 0.6 is 0 Å². The average Bonchev–Trinajstić information content (AvgIpc) is 2.98. The average molecular weight is 359 g/mol. The highest BCUT2D eigenvalue weighted by Gasteiger charge is 2.47. The number of nitrogens with one attached hydrogen (secondary N) is 2. The van der Waals surface area contributed by atoms with Crippen LogP contribution in [0.5, 0.6) is 0 Å². The van der Waals surface area contributed by atoms with Crippen molar-refractivity contribution in [1.29, 1.82) is 5.26 Å². The van der Waals surface area contributed by atoms with Gasteiger partial charge in [-0.25, -0.2) is 9.59 Å². The number of carbonyl (C=O) groups excluding carboxylic acids is 2. The zero-order chi connectivity index (χ0) is 18.9. The summed E-state index contributed by atoms with van der Waals surface area (Å²) in [5.74, 6) is -2.69. The maximum Gasteiger partial charge on any atom is 0.369 e. The third-order valence-corrected chi connectivity index (χ3v) is 4.46. The molecule has 0 bridgehead atoms. The van der Waals surface area contributed by atoms with Crippen LogP contribution in [0.15, 0.2) is 5.10 Å². The maximum atomic E-state index is 12.2. The first kappa shape index (κ1) is 17.9. The Balaban J connectivity index is 1.80. The highest BCUT2D eigenvalue weighted by molar-refractivity contribution is 6.63. The molecule has 1 saturated heterocycles. The highest BCUT2D eigenvalue weighted by Crippen LogP contribution is 2.35. The van der Waals surface area contributed by atoms with Gasteiger partial charge in [0, 0.05) is 18.3 Å². The van der Waals surface area contributed by atoms with E-state index in [0.29, 0.717) is 18.5 Å². The number of aromatic nitrogens is 2. The second-order valence-corrected chi connectivity index (χ2v) is 7.51. The number of hydrogen-bond acceptors (Lipinski definition) is 8. The van der Waals surface area contributed by atoms with E-state index in [1.807, 2.05) is 26.8 Å². The van der Waals surface area contributed by atoms with Gasteiger partial charge in [0.25, 0.3) is 11.5 Å². The molecule has 0 aromatic carbocycles. The largest absolute Gasteiger partial charge is 0.417 e. The lowest BCUT2D eigenvalue weighted by Crippen LogP contribution is -2.51. The van der Waals surface area contributed by atoms with Crippen LogP contribution in [0, 0.1) is 11.3 Å². The fraction of sp³-hybridized carbons (Fsp3) is 0.588. The maximum absolute atomic E-state index is 12.2. The van der Waals surface area contributed by atoms with Crippen LogP contribution in [-0.4, -0.2) is 33.6 Å². The summed E-state index contributed by atoms with van der Waals surface area (Å²) in [7, 11) is 0. The summed E-state index contributed by atoms with van der Waals surface area (Å²) in [5, 5.41) is 19.9. The number of nitriles is 1. The molecule has 2 heterocycles. The van der Waals surface area contributed by atoms with Gasteiger partial charge in [-0.15, -0.1) is 0 Å². The Kier molecular flexibility index (Phi) is 4.44. The number of H-pyrrole nitrogens is 1. The van der Waals surface area contributed by atoms with Gasteiger partial charge in [-0.1, -0.05) is 27.2 Å². The van der Waals surface area contributed by atoms with Gasteiger partial charge in [0.05, 0.1) is 5.69 Å². The van der Waals surface area contributed by atoms with Crippen molar-refractivity contribution in [2.45, 2.75) is 64.1 Å². The Hall–Kier alpha value is -2.89. The molecule has 0 amide bonds. The van der Waals surface area contributed by atoms with Crippen molar-refractivity contribution in [3.05, 3.63) is 11.3 Å². The molecule has 26 heavy (non-hydrogen) atoms. The minimum Gasteiger partial charge on any atom is -0.417 e. The van der Waals surface area contributed by atoms with Gasteiger partial charge < -0.3 is 9.47 Å². The van der Waals surface area contributed by atoms with Crippen LogP contribution in [0.4, 0.5) is 5.82 Å². The van der Waals surface area contributed by atoms with Crippen LogP contribution in [0.3, 0.4) is 0 Å². The quantitative estimate of drug-likeness (QED) is 0.611. The zero-order valence-electron chi connectivity index (χ0n) is 15.0. The molecule has 0 unspecified atom stereocenters. The number of esters is 2. The predicted molar refractivity (Wildman–Crippen MR) is 91.1 cm³/mol. The summed E-state index contributed by atoms with van der Waals surface area (Å²) in [6.07, 6.45) is 3.68. The van der Waals surface area contributed by atoms with Crippen molar-refractivity contribution in [3.63, 3.8) is 0 Å². The molecule has 1 aromatic rings. The number of ether oxygens (including phenoxy) is 2. The summed E-state index contributed by atoms with van der Waals surface area (Å²) < 4.78 is 10.7. The third-order valence-electron chi connectivity index (χ3n) is 4.46. The van der Waals surface area contributed by atoms with Crippen LogP contribution in [0.25, 0.3) is 0 Å². The predicted octanol–water partition coefficient (Wildman–Crippen LogP) is 2.11. The third kappa shape index (κ3) is 3.27. The van der Waals surface area contributed by atoms with Crippen LogP contribution in [0.2, 0.25) is 0 Å². The fourth-order valence-electron chi connectivity index (χ4n) is 3.11. The lowest BCUT2D eigenvalue weighted by molar-refractivity contribution is -0.237. The Labute approximate surface area is 150 Å². The topological polar surface area (TPSA) is 129 Å². The van der Waals surface area contributed by atoms with Crippen LogP contribution < -0.4 is 5.43 Å². The van der Waals surface area contributed by atoms with E-state index in [4.69, 9.17) is 9.47 Å². The second kappa shape index (κ2) is 6.44. The normalized spacial score (nSPS) is 19.5. The summed E-state index contributed by atoms with van der Waals surface area (Å²) in [6, 6.07) is 2.05. The number of aromatic amines is 1. The first-order valence-electron chi connectivity index (χ1n) is 8.55. The smallest absolute Gasteiger partial charge is 0.369 e. The molecule has 3 rings (SSSR count). The SMILES string of the molecule is CC(C)(C)c1[nH]nc(NN=C2C(=O)OC3(CCCCC3)OC2=O)c1C#N. The molecule has 1 saturated carbocycles. The Morgan fingerprint density at radius 3 is 2.35 bits per heavy atom. The molecule has 2 aliphatic rings. The van der Waals surface area contributed by atoms with Gasteiger partial charge in [0.15, 0.2) is 5.82 Å². The van der Waals surface area contributed by atoms with Crippen molar-refractivity contribution < 1.29 is 19.1 Å². The highest BCUT2D eigenvalue weighted by atomic mass is 16.7. The second-order valence-electron chi connectivity index (χ2n) is 7.51. The van der Waals surface area contributed by atoms with Crippen molar-refractivity contribution >= 4 is 23.5 Å². The lowest BCUT2D eigenvalue weighted by Gasteiger charge is -2.38. The number of rotatable bonds is 2. The summed E-state index contributed by atoms with van der Waals surface area (Å²) >= 11 is 0. The molecule has 9 nitrogen and oxygen atoms in total. The molecule has 138 valence electrons. The molecule has 1 aliphatic heterocycles. The molecule has 1 aromatic heterocycles. The van der Waals surface area contributed by atoms with E-state index >= 15 is 0 Å². The number of hydrazone groups is 1. The Bertz CT molecular complexity index is 784. The van der Waals surface area contributed by atoms with E-state index in [0.717, 1.165) is 19.3 Å². The number of carbonyl (C=O) groups is 2. The Morgan fingerprint density at radius 2 is 1.81 bits per heavy atom. The molecule has 0 atom stereocenters.